The topological polar surface area (TPSA) is 58.6 Å². The van der Waals surface area contributed by atoms with Crippen LogP contribution in [-0.2, 0) is 4.79 Å². The monoisotopic (exact) mass is 329 g/mol. The fraction of sp³-hybridized carbons (Fsp3) is 0.500. The third kappa shape index (κ3) is 6.59. The minimum Gasteiger partial charge on any atom is -0.484 e. The van der Waals surface area contributed by atoms with Gasteiger partial charge in [0.05, 0.1) is 6.10 Å². The summed E-state index contributed by atoms with van der Waals surface area (Å²) in [5.74, 6) is 0.664. The average Bonchev–Trinajstić information content (AvgIpc) is 2.36. The Bertz CT molecular complexity index is 409. The van der Waals surface area contributed by atoms with Gasteiger partial charge in [0.25, 0.3) is 5.91 Å². The first-order chi connectivity index (χ1) is 8.99. The molecule has 2 N–H and O–H groups in total. The number of ether oxygens (including phenoxy) is 1. The van der Waals surface area contributed by atoms with Crippen LogP contribution in [0.4, 0.5) is 0 Å². The Morgan fingerprint density at radius 3 is 2.84 bits per heavy atom. The normalized spacial score (nSPS) is 12.3. The number of amides is 1. The van der Waals surface area contributed by atoms with Crippen molar-refractivity contribution in [3.8, 4) is 5.75 Å². The molecule has 19 heavy (non-hydrogen) atoms. The van der Waals surface area contributed by atoms with E-state index in [1.807, 2.05) is 26.0 Å². The molecule has 0 heterocycles. The quantitative estimate of drug-likeness (QED) is 0.807. The second-order valence-corrected chi connectivity index (χ2v) is 5.61. The zero-order valence-corrected chi connectivity index (χ0v) is 12.8. The Balaban J connectivity index is 2.21. The lowest BCUT2D eigenvalue weighted by atomic mass is 10.0. The lowest BCUT2D eigenvalue weighted by Gasteiger charge is -2.14. The molecule has 106 valence electrons. The first kappa shape index (κ1) is 16.0. The van der Waals surface area contributed by atoms with Crippen LogP contribution < -0.4 is 10.1 Å². The molecule has 0 spiro atoms. The summed E-state index contributed by atoms with van der Waals surface area (Å²) in [7, 11) is 0. The first-order valence-corrected chi connectivity index (χ1v) is 7.11. The SMILES string of the molecule is CC(C)C(O)CCNC(=O)COc1cccc(Br)c1. The van der Waals surface area contributed by atoms with Crippen molar-refractivity contribution in [1.82, 2.24) is 5.32 Å². The van der Waals surface area contributed by atoms with Crippen LogP contribution in [0.5, 0.6) is 5.75 Å². The van der Waals surface area contributed by atoms with Gasteiger partial charge in [0, 0.05) is 11.0 Å². The Hall–Kier alpha value is -1.07. The molecule has 1 unspecified atom stereocenters. The third-order valence-electron chi connectivity index (χ3n) is 2.70. The van der Waals surface area contributed by atoms with Crippen molar-refractivity contribution in [2.75, 3.05) is 13.2 Å². The van der Waals surface area contributed by atoms with Crippen LogP contribution in [-0.4, -0.2) is 30.3 Å². The maximum atomic E-state index is 11.5. The summed E-state index contributed by atoms with van der Waals surface area (Å²) in [4.78, 5) is 11.5. The van der Waals surface area contributed by atoms with E-state index in [1.165, 1.54) is 0 Å². The van der Waals surface area contributed by atoms with Gasteiger partial charge in [0.15, 0.2) is 6.61 Å². The number of carbonyl (C=O) groups excluding carboxylic acids is 1. The molecule has 0 fully saturated rings. The Kier molecular flexibility index (Phi) is 6.87. The van der Waals surface area contributed by atoms with E-state index in [9.17, 15) is 9.90 Å². The zero-order valence-electron chi connectivity index (χ0n) is 11.2. The second-order valence-electron chi connectivity index (χ2n) is 4.70. The van der Waals surface area contributed by atoms with E-state index in [0.29, 0.717) is 18.7 Å². The Labute approximate surface area is 122 Å². The van der Waals surface area contributed by atoms with Gasteiger partial charge in [0.2, 0.25) is 0 Å². The number of carbonyl (C=O) groups is 1. The predicted octanol–water partition coefficient (Wildman–Crippen LogP) is 2.35. The standard InChI is InChI=1S/C14H20BrNO3/c1-10(2)13(17)6-7-16-14(18)9-19-12-5-3-4-11(15)8-12/h3-5,8,10,13,17H,6-7,9H2,1-2H3,(H,16,18). The molecule has 5 heteroatoms. The van der Waals surface area contributed by atoms with Gasteiger partial charge in [-0.05, 0) is 30.5 Å². The van der Waals surface area contributed by atoms with Crippen molar-refractivity contribution in [3.05, 3.63) is 28.7 Å². The van der Waals surface area contributed by atoms with Crippen molar-refractivity contribution in [1.29, 1.82) is 0 Å². The molecule has 0 bridgehead atoms. The highest BCUT2D eigenvalue weighted by molar-refractivity contribution is 9.10. The summed E-state index contributed by atoms with van der Waals surface area (Å²) in [6, 6.07) is 7.33. The maximum absolute atomic E-state index is 11.5. The summed E-state index contributed by atoms with van der Waals surface area (Å²) >= 11 is 3.33. The first-order valence-electron chi connectivity index (χ1n) is 6.32. The molecule has 1 amide bonds. The number of nitrogens with one attached hydrogen (secondary N) is 1. The molecule has 0 aliphatic rings. The molecule has 0 aromatic heterocycles. The maximum Gasteiger partial charge on any atom is 0.257 e. The molecular weight excluding hydrogens is 310 g/mol. The van der Waals surface area contributed by atoms with Gasteiger partial charge >= 0.3 is 0 Å². The predicted molar refractivity (Wildman–Crippen MR) is 78.1 cm³/mol. The number of aliphatic hydroxyl groups is 1. The Morgan fingerprint density at radius 2 is 2.21 bits per heavy atom. The number of halogens is 1. The molecule has 1 aromatic rings. The molecule has 0 radical (unpaired) electrons. The smallest absolute Gasteiger partial charge is 0.257 e. The average molecular weight is 330 g/mol. The second kappa shape index (κ2) is 8.17. The van der Waals surface area contributed by atoms with E-state index in [1.54, 1.807) is 12.1 Å². The highest BCUT2D eigenvalue weighted by Crippen LogP contribution is 2.17. The van der Waals surface area contributed by atoms with Crippen LogP contribution in [0.2, 0.25) is 0 Å². The van der Waals surface area contributed by atoms with Crippen LogP contribution >= 0.6 is 15.9 Å². The molecular formula is C14H20BrNO3. The van der Waals surface area contributed by atoms with Crippen molar-refractivity contribution in [3.63, 3.8) is 0 Å². The number of rotatable bonds is 7. The summed E-state index contributed by atoms with van der Waals surface area (Å²) in [5, 5.41) is 12.3. The molecule has 0 saturated heterocycles. The van der Waals surface area contributed by atoms with E-state index < -0.39 is 0 Å². The molecule has 0 aliphatic heterocycles. The van der Waals surface area contributed by atoms with Gasteiger partial charge in [-0.15, -0.1) is 0 Å². The van der Waals surface area contributed by atoms with Crippen LogP contribution in [0.25, 0.3) is 0 Å². The fourth-order valence-corrected chi connectivity index (χ4v) is 1.83. The number of hydrogen-bond donors (Lipinski definition) is 2. The van der Waals surface area contributed by atoms with E-state index in [2.05, 4.69) is 21.2 Å². The summed E-state index contributed by atoms with van der Waals surface area (Å²) in [5.41, 5.74) is 0. The zero-order chi connectivity index (χ0) is 14.3. The van der Waals surface area contributed by atoms with Crippen molar-refractivity contribution in [2.45, 2.75) is 26.4 Å². The van der Waals surface area contributed by atoms with Crippen LogP contribution in [0.15, 0.2) is 28.7 Å². The van der Waals surface area contributed by atoms with Crippen molar-refractivity contribution < 1.29 is 14.6 Å². The number of hydrogen-bond acceptors (Lipinski definition) is 3. The fourth-order valence-electron chi connectivity index (χ4n) is 1.45. The Morgan fingerprint density at radius 1 is 1.47 bits per heavy atom. The van der Waals surface area contributed by atoms with Crippen molar-refractivity contribution in [2.24, 2.45) is 5.92 Å². The minimum atomic E-state index is -0.383. The van der Waals surface area contributed by atoms with Gasteiger partial charge in [-0.2, -0.15) is 0 Å². The van der Waals surface area contributed by atoms with Gasteiger partial charge in [-0.25, -0.2) is 0 Å². The van der Waals surface area contributed by atoms with Gasteiger partial charge in [-0.1, -0.05) is 35.8 Å². The van der Waals surface area contributed by atoms with E-state index >= 15 is 0 Å². The van der Waals surface area contributed by atoms with Crippen molar-refractivity contribution >= 4 is 21.8 Å². The largest absolute Gasteiger partial charge is 0.484 e. The van der Waals surface area contributed by atoms with Crippen LogP contribution in [0.3, 0.4) is 0 Å². The van der Waals surface area contributed by atoms with E-state index in [-0.39, 0.29) is 24.5 Å². The third-order valence-corrected chi connectivity index (χ3v) is 3.19. The van der Waals surface area contributed by atoms with Gasteiger partial charge < -0.3 is 15.2 Å². The number of aliphatic hydroxyl groups excluding tert-OH is 1. The molecule has 1 aromatic carbocycles. The van der Waals surface area contributed by atoms with E-state index in [0.717, 1.165) is 4.47 Å². The van der Waals surface area contributed by atoms with Gasteiger partial charge in [0.1, 0.15) is 5.75 Å². The number of benzene rings is 1. The minimum absolute atomic E-state index is 0.0196. The molecule has 0 saturated carbocycles. The summed E-state index contributed by atoms with van der Waals surface area (Å²) in [6.07, 6.45) is 0.173. The van der Waals surface area contributed by atoms with Gasteiger partial charge in [-0.3, -0.25) is 4.79 Å². The molecule has 1 atom stereocenters. The van der Waals surface area contributed by atoms with E-state index in [4.69, 9.17) is 4.74 Å². The molecule has 0 aliphatic carbocycles. The summed E-state index contributed by atoms with van der Waals surface area (Å²) < 4.78 is 6.26. The molecule has 4 nitrogen and oxygen atoms in total. The highest BCUT2D eigenvalue weighted by Gasteiger charge is 2.09. The summed E-state index contributed by atoms with van der Waals surface area (Å²) in [6.45, 7) is 4.33. The lowest BCUT2D eigenvalue weighted by molar-refractivity contribution is -0.123. The van der Waals surface area contributed by atoms with Crippen LogP contribution in [0.1, 0.15) is 20.3 Å². The lowest BCUT2D eigenvalue weighted by Crippen LogP contribution is -2.32. The molecule has 1 rings (SSSR count). The van der Waals surface area contributed by atoms with Crippen LogP contribution in [0, 0.1) is 5.92 Å². The highest BCUT2D eigenvalue weighted by atomic mass is 79.9.